The van der Waals surface area contributed by atoms with E-state index >= 15 is 0 Å². The van der Waals surface area contributed by atoms with E-state index in [2.05, 4.69) is 56.9 Å². The molecule has 0 aliphatic heterocycles. The zero-order chi connectivity index (χ0) is 13.8. The first-order valence-corrected chi connectivity index (χ1v) is 8.07. The Morgan fingerprint density at radius 1 is 1.42 bits per heavy atom. The van der Waals surface area contributed by atoms with Gasteiger partial charge >= 0.3 is 0 Å². The van der Waals surface area contributed by atoms with Crippen LogP contribution in [0.3, 0.4) is 0 Å². The highest BCUT2D eigenvalue weighted by Gasteiger charge is 2.12. The molecule has 0 radical (unpaired) electrons. The van der Waals surface area contributed by atoms with Crippen LogP contribution in [0, 0.1) is 6.92 Å². The Morgan fingerprint density at radius 3 is 2.89 bits per heavy atom. The Kier molecular flexibility index (Phi) is 5.07. The summed E-state index contributed by atoms with van der Waals surface area (Å²) in [7, 11) is 0. The lowest BCUT2D eigenvalue weighted by molar-refractivity contribution is 0.631. The molecule has 5 heteroatoms. The number of benzene rings is 1. The summed E-state index contributed by atoms with van der Waals surface area (Å²) >= 11 is 5.44. The Morgan fingerprint density at radius 2 is 2.21 bits per heavy atom. The minimum atomic E-state index is 0.587. The van der Waals surface area contributed by atoms with E-state index in [0.29, 0.717) is 6.54 Å². The Balaban J connectivity index is 2.14. The predicted octanol–water partition coefficient (Wildman–Crippen LogP) is 3.72. The summed E-state index contributed by atoms with van der Waals surface area (Å²) in [6, 6.07) is 8.39. The second-order valence-electron chi connectivity index (χ2n) is 4.30. The minimum Gasteiger partial charge on any atom is -0.326 e. The van der Waals surface area contributed by atoms with Gasteiger partial charge in [-0.15, -0.1) is 11.8 Å². The first-order valence-electron chi connectivity index (χ1n) is 6.29. The van der Waals surface area contributed by atoms with Crippen molar-refractivity contribution in [2.24, 2.45) is 5.73 Å². The van der Waals surface area contributed by atoms with Crippen molar-refractivity contribution in [3.05, 3.63) is 45.7 Å². The fourth-order valence-corrected chi connectivity index (χ4v) is 3.54. The topological polar surface area (TPSA) is 43.8 Å². The van der Waals surface area contributed by atoms with Crippen LogP contribution in [-0.2, 0) is 18.8 Å². The molecule has 0 bridgehead atoms. The number of halogens is 1. The highest BCUT2D eigenvalue weighted by Crippen LogP contribution is 2.29. The number of hydrogen-bond donors (Lipinski definition) is 1. The summed E-state index contributed by atoms with van der Waals surface area (Å²) in [4.78, 5) is 1.25. The number of aryl methyl sites for hydroxylation is 2. The van der Waals surface area contributed by atoms with Crippen LogP contribution in [0.5, 0.6) is 0 Å². The number of rotatable bonds is 5. The van der Waals surface area contributed by atoms with Crippen molar-refractivity contribution in [1.29, 1.82) is 0 Å². The molecule has 0 atom stereocenters. The second kappa shape index (κ2) is 6.59. The molecule has 0 spiro atoms. The first-order chi connectivity index (χ1) is 9.15. The van der Waals surface area contributed by atoms with Gasteiger partial charge in [0.1, 0.15) is 0 Å². The molecule has 2 aromatic rings. The largest absolute Gasteiger partial charge is 0.326 e. The molecule has 0 aliphatic rings. The van der Waals surface area contributed by atoms with E-state index in [1.54, 1.807) is 0 Å². The fraction of sp³-hybridized carbons (Fsp3) is 0.357. The van der Waals surface area contributed by atoms with E-state index in [1.165, 1.54) is 16.2 Å². The maximum absolute atomic E-state index is 5.67. The predicted molar refractivity (Wildman–Crippen MR) is 84.2 cm³/mol. The van der Waals surface area contributed by atoms with Gasteiger partial charge in [0.25, 0.3) is 0 Å². The van der Waals surface area contributed by atoms with Crippen molar-refractivity contribution < 1.29 is 0 Å². The van der Waals surface area contributed by atoms with Crippen LogP contribution in [0.4, 0.5) is 0 Å². The van der Waals surface area contributed by atoms with Gasteiger partial charge in [-0.2, -0.15) is 5.10 Å². The smallest absolute Gasteiger partial charge is 0.0739 e. The quantitative estimate of drug-likeness (QED) is 0.844. The zero-order valence-corrected chi connectivity index (χ0v) is 13.6. The summed E-state index contributed by atoms with van der Waals surface area (Å²) in [5, 5.41) is 4.51. The molecule has 2 rings (SSSR count). The second-order valence-corrected chi connectivity index (χ2v) is 6.14. The Hall–Kier alpha value is -0.780. The normalized spacial score (nSPS) is 10.9. The molecule has 1 aromatic heterocycles. The van der Waals surface area contributed by atoms with Crippen molar-refractivity contribution in [2.45, 2.75) is 37.6 Å². The molecule has 19 heavy (non-hydrogen) atoms. The molecule has 1 aromatic carbocycles. The van der Waals surface area contributed by atoms with Crippen molar-refractivity contribution in [3.8, 4) is 0 Å². The average Bonchev–Trinajstić information content (AvgIpc) is 2.72. The van der Waals surface area contributed by atoms with E-state index in [4.69, 9.17) is 5.73 Å². The van der Waals surface area contributed by atoms with Crippen LogP contribution in [-0.4, -0.2) is 9.78 Å². The van der Waals surface area contributed by atoms with Crippen LogP contribution >= 0.6 is 27.7 Å². The fourth-order valence-electron chi connectivity index (χ4n) is 1.92. The minimum absolute atomic E-state index is 0.587. The highest BCUT2D eigenvalue weighted by molar-refractivity contribution is 9.10. The third-order valence-corrected chi connectivity index (χ3v) is 5.00. The van der Waals surface area contributed by atoms with Gasteiger partial charge in [-0.3, -0.25) is 4.68 Å². The SMILES string of the molecule is CCn1nc(C)c(Br)c1CSc1cccc(CN)c1. The Labute approximate surface area is 126 Å². The summed E-state index contributed by atoms with van der Waals surface area (Å²) < 4.78 is 3.18. The first kappa shape index (κ1) is 14.6. The monoisotopic (exact) mass is 339 g/mol. The molecule has 0 saturated carbocycles. The number of nitrogens with two attached hydrogens (primary N) is 1. The van der Waals surface area contributed by atoms with E-state index in [1.807, 2.05) is 18.7 Å². The molecule has 2 N–H and O–H groups in total. The number of nitrogens with zero attached hydrogens (tertiary/aromatic N) is 2. The zero-order valence-electron chi connectivity index (χ0n) is 11.2. The Bertz CT molecular complexity index is 566. The van der Waals surface area contributed by atoms with Crippen LogP contribution < -0.4 is 5.73 Å². The number of aromatic nitrogens is 2. The van der Waals surface area contributed by atoms with Gasteiger partial charge in [0.05, 0.1) is 15.9 Å². The van der Waals surface area contributed by atoms with E-state index in [0.717, 1.165) is 22.5 Å². The summed E-state index contributed by atoms with van der Waals surface area (Å²) in [6.07, 6.45) is 0. The summed E-state index contributed by atoms with van der Waals surface area (Å²) in [5.41, 5.74) is 9.13. The molecular formula is C14H18BrN3S. The lowest BCUT2D eigenvalue weighted by atomic mass is 10.2. The third-order valence-electron chi connectivity index (χ3n) is 2.96. The van der Waals surface area contributed by atoms with Crippen molar-refractivity contribution >= 4 is 27.7 Å². The molecular weight excluding hydrogens is 322 g/mol. The van der Waals surface area contributed by atoms with Gasteiger partial charge in [0, 0.05) is 23.7 Å². The van der Waals surface area contributed by atoms with E-state index in [-0.39, 0.29) is 0 Å². The molecule has 1 heterocycles. The maximum atomic E-state index is 5.67. The number of thioether (sulfide) groups is 1. The van der Waals surface area contributed by atoms with Gasteiger partial charge in [0.15, 0.2) is 0 Å². The van der Waals surface area contributed by atoms with Gasteiger partial charge in [-0.1, -0.05) is 12.1 Å². The third kappa shape index (κ3) is 3.41. The van der Waals surface area contributed by atoms with Crippen LogP contribution in [0.25, 0.3) is 0 Å². The average molecular weight is 340 g/mol. The molecule has 0 unspecified atom stereocenters. The molecule has 0 aliphatic carbocycles. The molecule has 3 nitrogen and oxygen atoms in total. The van der Waals surface area contributed by atoms with Gasteiger partial charge in [0.2, 0.25) is 0 Å². The van der Waals surface area contributed by atoms with Gasteiger partial charge in [-0.05, 0) is 47.5 Å². The molecule has 102 valence electrons. The van der Waals surface area contributed by atoms with Gasteiger partial charge < -0.3 is 5.73 Å². The van der Waals surface area contributed by atoms with Gasteiger partial charge in [-0.25, -0.2) is 0 Å². The van der Waals surface area contributed by atoms with Crippen LogP contribution in [0.1, 0.15) is 23.9 Å². The maximum Gasteiger partial charge on any atom is 0.0739 e. The van der Waals surface area contributed by atoms with Crippen molar-refractivity contribution in [3.63, 3.8) is 0 Å². The van der Waals surface area contributed by atoms with E-state index < -0.39 is 0 Å². The lowest BCUT2D eigenvalue weighted by Crippen LogP contribution is -2.01. The molecule has 0 fully saturated rings. The summed E-state index contributed by atoms with van der Waals surface area (Å²) in [5.74, 6) is 0.906. The highest BCUT2D eigenvalue weighted by atomic mass is 79.9. The van der Waals surface area contributed by atoms with E-state index in [9.17, 15) is 0 Å². The van der Waals surface area contributed by atoms with Crippen molar-refractivity contribution in [1.82, 2.24) is 9.78 Å². The van der Waals surface area contributed by atoms with Crippen LogP contribution in [0.15, 0.2) is 33.6 Å². The van der Waals surface area contributed by atoms with Crippen LogP contribution in [0.2, 0.25) is 0 Å². The number of hydrogen-bond acceptors (Lipinski definition) is 3. The summed E-state index contributed by atoms with van der Waals surface area (Å²) in [6.45, 7) is 5.62. The molecule has 0 saturated heterocycles. The standard InChI is InChI=1S/C14H18BrN3S/c1-3-18-13(14(15)10(2)17-18)9-19-12-6-4-5-11(7-12)8-16/h4-7H,3,8-9,16H2,1-2H3. The van der Waals surface area contributed by atoms with Crippen molar-refractivity contribution in [2.75, 3.05) is 0 Å². The lowest BCUT2D eigenvalue weighted by Gasteiger charge is -2.06. The molecule has 0 amide bonds.